The fourth-order valence-electron chi connectivity index (χ4n) is 4.87. The average molecular weight is 607 g/mol. The molecule has 3 aromatic carbocycles. The summed E-state index contributed by atoms with van der Waals surface area (Å²) in [6, 6.07) is 16.3. The molecule has 4 N–H and O–H groups in total. The Morgan fingerprint density at radius 1 is 0.756 bits per heavy atom. The van der Waals surface area contributed by atoms with Crippen LogP contribution in [0.25, 0.3) is 34.6 Å². The van der Waals surface area contributed by atoms with Crippen molar-refractivity contribution in [3.05, 3.63) is 127 Å². The molecule has 0 unspecified atom stereocenters. The van der Waals surface area contributed by atoms with E-state index in [0.29, 0.717) is 5.56 Å². The van der Waals surface area contributed by atoms with Gasteiger partial charge >= 0.3 is 17.9 Å². The van der Waals surface area contributed by atoms with E-state index in [-0.39, 0.29) is 44.7 Å². The number of carboxylic acid groups (broad SMARTS) is 3. The highest BCUT2D eigenvalue weighted by atomic mass is 16.4. The lowest BCUT2D eigenvalue weighted by Gasteiger charge is -2.11. The maximum absolute atomic E-state index is 14.0. The summed E-state index contributed by atoms with van der Waals surface area (Å²) in [6.07, 6.45) is 3.12. The van der Waals surface area contributed by atoms with E-state index in [4.69, 9.17) is 0 Å². The van der Waals surface area contributed by atoms with Crippen LogP contribution >= 0.6 is 0 Å². The second-order valence-corrected chi connectivity index (χ2v) is 10.3. The van der Waals surface area contributed by atoms with Crippen LogP contribution in [0.2, 0.25) is 0 Å². The number of aryl methyl sites for hydroxylation is 1. The van der Waals surface area contributed by atoms with Crippen molar-refractivity contribution in [2.45, 2.75) is 6.92 Å². The number of fused-ring (bicyclic) bond motifs is 1. The first-order valence-corrected chi connectivity index (χ1v) is 13.4. The minimum Gasteiger partial charge on any atom is -0.478 e. The number of pyridine rings is 1. The molecule has 0 radical (unpaired) electrons. The third-order valence-electron chi connectivity index (χ3n) is 7.24. The van der Waals surface area contributed by atoms with Crippen LogP contribution in [0.15, 0.2) is 82.1 Å². The van der Waals surface area contributed by atoms with Gasteiger partial charge in [-0.1, -0.05) is 12.1 Å². The molecule has 0 atom stereocenters. The monoisotopic (exact) mass is 606 g/mol. The van der Waals surface area contributed by atoms with E-state index in [1.165, 1.54) is 34.9 Å². The van der Waals surface area contributed by atoms with Gasteiger partial charge in [0.2, 0.25) is 0 Å². The fourth-order valence-corrected chi connectivity index (χ4v) is 4.87. The highest BCUT2D eigenvalue weighted by Gasteiger charge is 2.22. The standard InChI is InChI=1S/C33H26N4O8/c1-18-26(6-4-5-19-7-11-23(12-8-19)35(2)3)29(38)36(24-13-9-20(10-14-24)31(40)41)28-27(18)30(39)37(34-28)25-16-21(32(42)43)15-22(17-25)33(44)45/h5-17,34H,1-3H3,(H,40,41)(H,42,43)(H,44,45). The number of nitrogens with one attached hydrogen (secondary N) is 1. The molecule has 0 aliphatic heterocycles. The van der Waals surface area contributed by atoms with E-state index in [1.807, 2.05) is 43.3 Å². The highest BCUT2D eigenvalue weighted by molar-refractivity contribution is 5.95. The number of hydrogen-bond acceptors (Lipinski definition) is 6. The Kier molecular flexibility index (Phi) is 7.83. The Balaban J connectivity index is 1.78. The molecule has 0 saturated heterocycles. The molecule has 0 aliphatic carbocycles. The molecule has 0 spiro atoms. The molecular weight excluding hydrogens is 580 g/mol. The number of hydrogen-bond donors (Lipinski definition) is 4. The molecular formula is C33H26N4O8. The molecule has 2 aromatic heterocycles. The topological polar surface area (TPSA) is 175 Å². The third kappa shape index (κ3) is 5.68. The number of rotatable bonds is 8. The quantitative estimate of drug-likeness (QED) is 0.188. The molecule has 0 bridgehead atoms. The van der Waals surface area contributed by atoms with Crippen molar-refractivity contribution < 1.29 is 29.7 Å². The van der Waals surface area contributed by atoms with Gasteiger partial charge in [-0.05, 0) is 84.8 Å². The van der Waals surface area contributed by atoms with E-state index in [2.05, 4.69) is 10.8 Å². The lowest BCUT2D eigenvalue weighted by atomic mass is 10.1. The first-order valence-electron chi connectivity index (χ1n) is 13.4. The molecule has 45 heavy (non-hydrogen) atoms. The van der Waals surface area contributed by atoms with E-state index in [0.717, 1.165) is 34.1 Å². The van der Waals surface area contributed by atoms with Crippen molar-refractivity contribution in [1.29, 1.82) is 0 Å². The maximum atomic E-state index is 14.0. The first kappa shape index (κ1) is 30.1. The van der Waals surface area contributed by atoms with Gasteiger partial charge in [0, 0.05) is 19.8 Å². The smallest absolute Gasteiger partial charge is 0.335 e. The number of benzene rings is 3. The van der Waals surface area contributed by atoms with Crippen molar-refractivity contribution in [2.24, 2.45) is 0 Å². The maximum Gasteiger partial charge on any atom is 0.335 e. The van der Waals surface area contributed by atoms with E-state index in [9.17, 15) is 39.3 Å². The van der Waals surface area contributed by atoms with Gasteiger partial charge in [-0.25, -0.2) is 19.1 Å². The van der Waals surface area contributed by atoms with Gasteiger partial charge in [0.25, 0.3) is 11.1 Å². The van der Waals surface area contributed by atoms with Crippen LogP contribution in [0.4, 0.5) is 5.69 Å². The number of aromatic carboxylic acids is 3. The Morgan fingerprint density at radius 2 is 1.33 bits per heavy atom. The van der Waals surface area contributed by atoms with Crippen molar-refractivity contribution in [2.75, 3.05) is 19.0 Å². The predicted octanol–water partition coefficient (Wildman–Crippen LogP) is 4.26. The summed E-state index contributed by atoms with van der Waals surface area (Å²) in [7, 11) is 3.85. The molecule has 226 valence electrons. The first-order chi connectivity index (χ1) is 21.4. The van der Waals surface area contributed by atoms with Gasteiger partial charge in [0.05, 0.1) is 39.0 Å². The Labute approximate surface area is 254 Å². The second kappa shape index (κ2) is 11.7. The zero-order chi connectivity index (χ0) is 32.6. The Hall–Kier alpha value is -6.39. The van der Waals surface area contributed by atoms with Crippen molar-refractivity contribution in [1.82, 2.24) is 14.3 Å². The minimum atomic E-state index is -1.40. The van der Waals surface area contributed by atoms with Crippen molar-refractivity contribution in [3.63, 3.8) is 0 Å². The van der Waals surface area contributed by atoms with Crippen LogP contribution in [0, 0.1) is 6.92 Å². The Bertz CT molecular complexity index is 2160. The highest BCUT2D eigenvalue weighted by Crippen LogP contribution is 2.22. The molecule has 12 nitrogen and oxygen atoms in total. The molecule has 12 heteroatoms. The number of carboxylic acids is 3. The van der Waals surface area contributed by atoms with E-state index >= 15 is 0 Å². The van der Waals surface area contributed by atoms with Crippen LogP contribution in [0.5, 0.6) is 0 Å². The summed E-state index contributed by atoms with van der Waals surface area (Å²) < 4.78 is 2.16. The van der Waals surface area contributed by atoms with Crippen LogP contribution in [-0.4, -0.2) is 61.7 Å². The summed E-state index contributed by atoms with van der Waals surface area (Å²) in [5.74, 6) is -3.96. The molecule has 2 heterocycles. The molecule has 5 rings (SSSR count). The largest absolute Gasteiger partial charge is 0.478 e. The second-order valence-electron chi connectivity index (χ2n) is 10.3. The molecule has 0 saturated carbocycles. The zero-order valence-corrected chi connectivity index (χ0v) is 24.2. The van der Waals surface area contributed by atoms with Gasteiger partial charge in [0.1, 0.15) is 5.65 Å². The minimum absolute atomic E-state index is 0.0174. The Morgan fingerprint density at radius 3 is 1.87 bits per heavy atom. The number of aromatic amines is 1. The van der Waals surface area contributed by atoms with Gasteiger partial charge in [-0.15, -0.1) is 5.73 Å². The van der Waals surface area contributed by atoms with Crippen LogP contribution < -0.4 is 16.0 Å². The summed E-state index contributed by atoms with van der Waals surface area (Å²) >= 11 is 0. The number of aromatic nitrogens is 3. The van der Waals surface area contributed by atoms with Gasteiger partial charge in [0.15, 0.2) is 0 Å². The summed E-state index contributed by atoms with van der Waals surface area (Å²) in [6.45, 7) is 1.58. The van der Waals surface area contributed by atoms with Gasteiger partial charge in [-0.3, -0.25) is 19.3 Å². The number of carbonyl (C=O) groups is 3. The summed E-state index contributed by atoms with van der Waals surface area (Å²) in [5.41, 5.74) is 3.49. The molecule has 0 fully saturated rings. The number of nitrogens with zero attached hydrogens (tertiary/aromatic N) is 3. The molecule has 0 aliphatic rings. The SMILES string of the molecule is Cc1c(C=C=Cc2ccc(N(C)C)cc2)c(=O)n(-c2ccc(C(=O)O)cc2)c2[nH]n(-c3cc(C(=O)O)cc(C(=O)O)c3)c(=O)c12. The average Bonchev–Trinajstić information content (AvgIpc) is 3.35. The van der Waals surface area contributed by atoms with Gasteiger partial charge in [-0.2, -0.15) is 0 Å². The fraction of sp³-hybridized carbons (Fsp3) is 0.0909. The van der Waals surface area contributed by atoms with Crippen molar-refractivity contribution in [3.8, 4) is 11.4 Å². The normalized spacial score (nSPS) is 10.7. The zero-order valence-electron chi connectivity index (χ0n) is 24.2. The summed E-state index contributed by atoms with van der Waals surface area (Å²) in [4.78, 5) is 64.7. The van der Waals surface area contributed by atoms with Crippen molar-refractivity contribution >= 4 is 46.8 Å². The lowest BCUT2D eigenvalue weighted by molar-refractivity contribution is 0.0682. The molecule has 0 amide bonds. The number of H-pyrrole nitrogens is 1. The van der Waals surface area contributed by atoms with Crippen LogP contribution in [0.1, 0.15) is 47.8 Å². The summed E-state index contributed by atoms with van der Waals surface area (Å²) in [5, 5.41) is 31.4. The van der Waals surface area contributed by atoms with Crippen LogP contribution in [-0.2, 0) is 0 Å². The number of anilines is 1. The predicted molar refractivity (Wildman–Crippen MR) is 168 cm³/mol. The van der Waals surface area contributed by atoms with E-state index in [1.54, 1.807) is 13.0 Å². The third-order valence-corrected chi connectivity index (χ3v) is 7.24. The van der Waals surface area contributed by atoms with E-state index < -0.39 is 29.0 Å². The lowest BCUT2D eigenvalue weighted by Crippen LogP contribution is -2.23. The van der Waals surface area contributed by atoms with Gasteiger partial charge < -0.3 is 20.2 Å². The van der Waals surface area contributed by atoms with Crippen LogP contribution in [0.3, 0.4) is 0 Å². The molecule has 5 aromatic rings.